The fraction of sp³-hybridized carbons (Fsp3) is 0.222. The number of aromatic nitrogens is 3. The number of hydrogen-bond acceptors (Lipinski definition) is 4. The Hall–Kier alpha value is -1.91. The topological polar surface area (TPSA) is 73.3 Å². The van der Waals surface area contributed by atoms with Gasteiger partial charge in [-0.05, 0) is 19.9 Å². The second kappa shape index (κ2) is 2.80. The van der Waals surface area contributed by atoms with Crippen molar-refractivity contribution in [2.24, 2.45) is 0 Å². The molecule has 2 N–H and O–H groups in total. The van der Waals surface area contributed by atoms with Gasteiger partial charge in [0.2, 0.25) is 5.78 Å². The van der Waals surface area contributed by atoms with E-state index in [1.165, 1.54) is 10.6 Å². The zero-order chi connectivity index (χ0) is 10.3. The van der Waals surface area contributed by atoms with Gasteiger partial charge in [0, 0.05) is 11.4 Å². The summed E-state index contributed by atoms with van der Waals surface area (Å²) < 4.78 is 1.41. The molecule has 2 heterocycles. The Bertz CT molecular complexity index is 558. The molecule has 0 saturated heterocycles. The first-order chi connectivity index (χ1) is 6.59. The van der Waals surface area contributed by atoms with Crippen molar-refractivity contribution in [3.63, 3.8) is 0 Å². The van der Waals surface area contributed by atoms with Gasteiger partial charge in [-0.1, -0.05) is 0 Å². The van der Waals surface area contributed by atoms with Gasteiger partial charge in [-0.2, -0.15) is 0 Å². The van der Waals surface area contributed by atoms with E-state index in [0.717, 1.165) is 11.4 Å². The molecule has 2 rings (SSSR count). The van der Waals surface area contributed by atoms with Crippen LogP contribution in [-0.4, -0.2) is 14.4 Å². The van der Waals surface area contributed by atoms with Gasteiger partial charge < -0.3 is 5.73 Å². The van der Waals surface area contributed by atoms with Crippen molar-refractivity contribution in [3.8, 4) is 0 Å². The monoisotopic (exact) mass is 190 g/mol. The minimum Gasteiger partial charge on any atom is -0.393 e. The highest BCUT2D eigenvalue weighted by molar-refractivity contribution is 5.40. The zero-order valence-electron chi connectivity index (χ0n) is 7.98. The van der Waals surface area contributed by atoms with Gasteiger partial charge in [0.05, 0.1) is 6.20 Å². The van der Waals surface area contributed by atoms with E-state index in [1.807, 2.05) is 19.9 Å². The maximum absolute atomic E-state index is 11.6. The molecule has 0 aliphatic heterocycles. The van der Waals surface area contributed by atoms with Crippen LogP contribution in [0.15, 0.2) is 17.1 Å². The molecule has 0 aliphatic carbocycles. The molecule has 2 aromatic rings. The minimum absolute atomic E-state index is 0.135. The summed E-state index contributed by atoms with van der Waals surface area (Å²) in [5, 5.41) is 0. The summed E-state index contributed by atoms with van der Waals surface area (Å²) in [6.45, 7) is 3.68. The number of hydrogen-bond donors (Lipinski definition) is 1. The molecule has 5 nitrogen and oxygen atoms in total. The largest absolute Gasteiger partial charge is 0.393 e. The number of anilines is 1. The summed E-state index contributed by atoms with van der Waals surface area (Å²) >= 11 is 0. The predicted molar refractivity (Wildman–Crippen MR) is 53.1 cm³/mol. The van der Waals surface area contributed by atoms with Crippen LogP contribution in [0.1, 0.15) is 11.4 Å². The lowest BCUT2D eigenvalue weighted by molar-refractivity contribution is 0.938. The molecule has 0 fully saturated rings. The number of nitrogens with zero attached hydrogens (tertiary/aromatic N) is 3. The summed E-state index contributed by atoms with van der Waals surface area (Å²) in [6.07, 6.45) is 1.34. The van der Waals surface area contributed by atoms with E-state index < -0.39 is 0 Å². The average molecular weight is 190 g/mol. The van der Waals surface area contributed by atoms with Gasteiger partial charge in [-0.15, -0.1) is 0 Å². The third-order valence-electron chi connectivity index (χ3n) is 2.02. The Morgan fingerprint density at radius 3 is 2.86 bits per heavy atom. The summed E-state index contributed by atoms with van der Waals surface area (Å²) in [6, 6.07) is 1.82. The van der Waals surface area contributed by atoms with Crippen LogP contribution in [0.3, 0.4) is 0 Å². The lowest BCUT2D eigenvalue weighted by Crippen LogP contribution is -2.21. The first-order valence-corrected chi connectivity index (χ1v) is 4.21. The van der Waals surface area contributed by atoms with E-state index in [2.05, 4.69) is 9.97 Å². The molecular formula is C9H10N4O. The van der Waals surface area contributed by atoms with E-state index in [4.69, 9.17) is 5.73 Å². The first-order valence-electron chi connectivity index (χ1n) is 4.21. The van der Waals surface area contributed by atoms with E-state index >= 15 is 0 Å². The van der Waals surface area contributed by atoms with Gasteiger partial charge in [-0.25, -0.2) is 14.4 Å². The molecule has 2 aromatic heterocycles. The average Bonchev–Trinajstić information content (AvgIpc) is 2.10. The van der Waals surface area contributed by atoms with E-state index in [9.17, 15) is 4.79 Å². The first kappa shape index (κ1) is 8.68. The highest BCUT2D eigenvalue weighted by Crippen LogP contribution is 2.03. The number of aryl methyl sites for hydroxylation is 2. The Kier molecular flexibility index (Phi) is 1.73. The fourth-order valence-corrected chi connectivity index (χ4v) is 1.41. The maximum atomic E-state index is 11.6. The van der Waals surface area contributed by atoms with E-state index in [-0.39, 0.29) is 11.2 Å². The molecule has 0 aromatic carbocycles. The lowest BCUT2D eigenvalue weighted by atomic mass is 10.3. The number of nitrogen functional groups attached to an aromatic ring is 1. The molecule has 0 bridgehead atoms. The second-order valence-electron chi connectivity index (χ2n) is 3.19. The Labute approximate surface area is 80.2 Å². The molecular weight excluding hydrogens is 180 g/mol. The molecule has 5 heteroatoms. The minimum atomic E-state index is -0.264. The summed E-state index contributed by atoms with van der Waals surface area (Å²) in [5.41, 5.74) is 6.96. The van der Waals surface area contributed by atoms with Crippen LogP contribution in [0.2, 0.25) is 0 Å². The molecule has 0 aliphatic rings. The summed E-state index contributed by atoms with van der Waals surface area (Å²) in [5.74, 6) is 0.390. The third kappa shape index (κ3) is 1.14. The Morgan fingerprint density at radius 2 is 2.14 bits per heavy atom. The molecule has 0 spiro atoms. The molecule has 0 saturated carbocycles. The molecule has 0 amide bonds. The highest BCUT2D eigenvalue weighted by atomic mass is 16.1. The standard InChI is InChI=1S/C9H10N4O/c1-5-3-6(2)13-8(14)7(10)4-11-9(13)12-5/h3-4H,10H2,1-2H3. The Balaban J connectivity index is 3.03. The molecule has 0 atom stereocenters. The van der Waals surface area contributed by atoms with Gasteiger partial charge in [0.15, 0.2) is 0 Å². The van der Waals surface area contributed by atoms with E-state index in [1.54, 1.807) is 0 Å². The normalized spacial score (nSPS) is 10.7. The van der Waals surface area contributed by atoms with Crippen molar-refractivity contribution in [3.05, 3.63) is 34.0 Å². The van der Waals surface area contributed by atoms with Crippen molar-refractivity contribution in [1.29, 1.82) is 0 Å². The zero-order valence-corrected chi connectivity index (χ0v) is 7.98. The van der Waals surface area contributed by atoms with Crippen LogP contribution in [0.4, 0.5) is 5.69 Å². The summed E-state index contributed by atoms with van der Waals surface area (Å²) in [4.78, 5) is 19.7. The number of rotatable bonds is 0. The van der Waals surface area contributed by atoms with Crippen LogP contribution < -0.4 is 11.3 Å². The van der Waals surface area contributed by atoms with Gasteiger partial charge in [0.25, 0.3) is 5.56 Å². The molecule has 0 unspecified atom stereocenters. The van der Waals surface area contributed by atoms with Crippen molar-refractivity contribution < 1.29 is 0 Å². The lowest BCUT2D eigenvalue weighted by Gasteiger charge is -2.04. The van der Waals surface area contributed by atoms with E-state index in [0.29, 0.717) is 5.78 Å². The molecule has 0 radical (unpaired) electrons. The fourth-order valence-electron chi connectivity index (χ4n) is 1.41. The molecule has 14 heavy (non-hydrogen) atoms. The second-order valence-corrected chi connectivity index (χ2v) is 3.19. The van der Waals surface area contributed by atoms with Crippen LogP contribution >= 0.6 is 0 Å². The smallest absolute Gasteiger partial charge is 0.282 e. The van der Waals surface area contributed by atoms with Crippen LogP contribution in [0, 0.1) is 13.8 Å². The summed E-state index contributed by atoms with van der Waals surface area (Å²) in [7, 11) is 0. The van der Waals surface area contributed by atoms with Crippen molar-refractivity contribution in [2.75, 3.05) is 5.73 Å². The Morgan fingerprint density at radius 1 is 1.43 bits per heavy atom. The molecule has 72 valence electrons. The van der Waals surface area contributed by atoms with Crippen LogP contribution in [0.25, 0.3) is 5.78 Å². The predicted octanol–water partition coefficient (Wildman–Crippen LogP) is 0.289. The van der Waals surface area contributed by atoms with Gasteiger partial charge in [-0.3, -0.25) is 4.79 Å². The maximum Gasteiger partial charge on any atom is 0.282 e. The SMILES string of the molecule is Cc1cc(C)n2c(=O)c(N)cnc2n1. The highest BCUT2D eigenvalue weighted by Gasteiger charge is 2.05. The van der Waals surface area contributed by atoms with Crippen LogP contribution in [0.5, 0.6) is 0 Å². The quantitative estimate of drug-likeness (QED) is 0.648. The van der Waals surface area contributed by atoms with Crippen molar-refractivity contribution >= 4 is 11.5 Å². The van der Waals surface area contributed by atoms with Crippen LogP contribution in [-0.2, 0) is 0 Å². The third-order valence-corrected chi connectivity index (χ3v) is 2.02. The number of nitrogens with two attached hydrogens (primary N) is 1. The van der Waals surface area contributed by atoms with Gasteiger partial charge >= 0.3 is 0 Å². The van der Waals surface area contributed by atoms with Crippen molar-refractivity contribution in [2.45, 2.75) is 13.8 Å². The number of fused-ring (bicyclic) bond motifs is 1. The van der Waals surface area contributed by atoms with Gasteiger partial charge in [0.1, 0.15) is 5.69 Å². The van der Waals surface area contributed by atoms with Crippen molar-refractivity contribution in [1.82, 2.24) is 14.4 Å².